The van der Waals surface area contributed by atoms with Gasteiger partial charge in [0.2, 0.25) is 5.91 Å². The van der Waals surface area contributed by atoms with Crippen LogP contribution in [-0.4, -0.2) is 39.6 Å². The third-order valence-electron chi connectivity index (χ3n) is 3.77. The van der Waals surface area contributed by atoms with E-state index in [1.807, 2.05) is 19.1 Å². The summed E-state index contributed by atoms with van der Waals surface area (Å²) in [6.07, 6.45) is 0. The molecule has 0 bridgehead atoms. The van der Waals surface area contributed by atoms with Gasteiger partial charge in [-0.25, -0.2) is 0 Å². The SMILES string of the molecule is COc1cc(NC(=O)[C@@H](C)Sc2ccc(OC)c(OC)c2)c(OC)cc1Cl. The van der Waals surface area contributed by atoms with Crippen LogP contribution in [-0.2, 0) is 4.79 Å². The van der Waals surface area contributed by atoms with Gasteiger partial charge in [-0.1, -0.05) is 11.6 Å². The molecule has 0 heterocycles. The zero-order chi connectivity index (χ0) is 20.0. The summed E-state index contributed by atoms with van der Waals surface area (Å²) in [5, 5.41) is 2.89. The van der Waals surface area contributed by atoms with E-state index in [-0.39, 0.29) is 11.2 Å². The number of carbonyl (C=O) groups excluding carboxylic acids is 1. The fourth-order valence-corrected chi connectivity index (χ4v) is 3.47. The largest absolute Gasteiger partial charge is 0.495 e. The van der Waals surface area contributed by atoms with Gasteiger partial charge < -0.3 is 24.3 Å². The molecule has 8 heteroatoms. The van der Waals surface area contributed by atoms with Crippen molar-refractivity contribution in [1.82, 2.24) is 0 Å². The second-order valence-electron chi connectivity index (χ2n) is 5.45. The van der Waals surface area contributed by atoms with Crippen molar-refractivity contribution in [1.29, 1.82) is 0 Å². The normalized spacial score (nSPS) is 11.5. The number of hydrogen-bond acceptors (Lipinski definition) is 6. The Hall–Kier alpha value is -2.25. The summed E-state index contributed by atoms with van der Waals surface area (Å²) >= 11 is 7.50. The van der Waals surface area contributed by atoms with Gasteiger partial charge >= 0.3 is 0 Å². The summed E-state index contributed by atoms with van der Waals surface area (Å²) in [6.45, 7) is 1.82. The molecule has 0 unspecified atom stereocenters. The fraction of sp³-hybridized carbons (Fsp3) is 0.316. The van der Waals surface area contributed by atoms with Gasteiger partial charge in [-0.3, -0.25) is 4.79 Å². The Labute approximate surface area is 168 Å². The Morgan fingerprint density at radius 3 is 2.15 bits per heavy atom. The predicted molar refractivity (Wildman–Crippen MR) is 108 cm³/mol. The Bertz CT molecular complexity index is 815. The average Bonchev–Trinajstić information content (AvgIpc) is 2.68. The van der Waals surface area contributed by atoms with E-state index in [9.17, 15) is 4.79 Å². The number of nitrogens with one attached hydrogen (secondary N) is 1. The molecule has 146 valence electrons. The highest BCUT2D eigenvalue weighted by Gasteiger charge is 2.19. The lowest BCUT2D eigenvalue weighted by Crippen LogP contribution is -2.22. The lowest BCUT2D eigenvalue weighted by atomic mass is 10.2. The molecule has 0 aliphatic heterocycles. The molecule has 0 aliphatic rings. The lowest BCUT2D eigenvalue weighted by molar-refractivity contribution is -0.115. The standard InChI is InChI=1S/C19H22ClNO5S/c1-11(27-12-6-7-15(23-2)18(8-12)26-5)19(22)21-14-10-16(24-3)13(20)9-17(14)25-4/h6-11H,1-5H3,(H,21,22)/t11-/m1/s1. The molecular formula is C19H22ClNO5S. The van der Waals surface area contributed by atoms with E-state index in [4.69, 9.17) is 30.5 Å². The third kappa shape index (κ3) is 5.14. The van der Waals surface area contributed by atoms with E-state index >= 15 is 0 Å². The van der Waals surface area contributed by atoms with Crippen LogP contribution in [0.2, 0.25) is 5.02 Å². The first-order valence-electron chi connectivity index (χ1n) is 8.04. The number of amides is 1. The molecule has 0 saturated carbocycles. The number of anilines is 1. The molecule has 1 atom stereocenters. The van der Waals surface area contributed by atoms with Crippen molar-refractivity contribution < 1.29 is 23.7 Å². The maximum absolute atomic E-state index is 12.6. The number of thioether (sulfide) groups is 1. The first-order valence-corrected chi connectivity index (χ1v) is 9.30. The van der Waals surface area contributed by atoms with Crippen LogP contribution in [0.25, 0.3) is 0 Å². The number of ether oxygens (including phenoxy) is 4. The molecule has 2 rings (SSSR count). The van der Waals surface area contributed by atoms with Gasteiger partial charge in [0.15, 0.2) is 11.5 Å². The molecule has 0 spiro atoms. The second-order valence-corrected chi connectivity index (χ2v) is 7.27. The van der Waals surface area contributed by atoms with Crippen LogP contribution in [0.4, 0.5) is 5.69 Å². The van der Waals surface area contributed by atoms with E-state index in [1.54, 1.807) is 32.4 Å². The highest BCUT2D eigenvalue weighted by Crippen LogP contribution is 2.37. The van der Waals surface area contributed by atoms with Crippen molar-refractivity contribution in [3.05, 3.63) is 35.4 Å². The predicted octanol–water partition coefficient (Wildman–Crippen LogP) is 4.49. The van der Waals surface area contributed by atoms with E-state index in [1.165, 1.54) is 26.0 Å². The summed E-state index contributed by atoms with van der Waals surface area (Å²) < 4.78 is 21.0. The smallest absolute Gasteiger partial charge is 0.237 e. The average molecular weight is 412 g/mol. The van der Waals surface area contributed by atoms with Gasteiger partial charge in [0.25, 0.3) is 0 Å². The van der Waals surface area contributed by atoms with Crippen LogP contribution >= 0.6 is 23.4 Å². The van der Waals surface area contributed by atoms with Crippen molar-refractivity contribution in [3.63, 3.8) is 0 Å². The van der Waals surface area contributed by atoms with Crippen LogP contribution < -0.4 is 24.3 Å². The fourth-order valence-electron chi connectivity index (χ4n) is 2.34. The molecule has 2 aromatic carbocycles. The van der Waals surface area contributed by atoms with Gasteiger partial charge in [0, 0.05) is 17.0 Å². The molecule has 0 radical (unpaired) electrons. The number of hydrogen-bond donors (Lipinski definition) is 1. The molecule has 0 saturated heterocycles. The summed E-state index contributed by atoms with van der Waals surface area (Å²) in [5.74, 6) is 1.97. The first kappa shape index (κ1) is 21.1. The van der Waals surface area contributed by atoms with Gasteiger partial charge in [-0.15, -0.1) is 11.8 Å². The minimum absolute atomic E-state index is 0.183. The quantitative estimate of drug-likeness (QED) is 0.645. The van der Waals surface area contributed by atoms with Crippen molar-refractivity contribution >= 4 is 35.0 Å². The van der Waals surface area contributed by atoms with Crippen LogP contribution in [0.3, 0.4) is 0 Å². The van der Waals surface area contributed by atoms with E-state index < -0.39 is 0 Å². The van der Waals surface area contributed by atoms with Crippen LogP contribution in [0.1, 0.15) is 6.92 Å². The molecule has 2 aromatic rings. The Morgan fingerprint density at radius 1 is 0.926 bits per heavy atom. The summed E-state index contributed by atoms with van der Waals surface area (Å²) in [5.41, 5.74) is 0.489. The van der Waals surface area contributed by atoms with Crippen LogP contribution in [0.15, 0.2) is 35.2 Å². The number of methoxy groups -OCH3 is 4. The van der Waals surface area contributed by atoms with Gasteiger partial charge in [-0.2, -0.15) is 0 Å². The molecule has 1 N–H and O–H groups in total. The number of rotatable bonds is 8. The molecule has 6 nitrogen and oxygen atoms in total. The topological polar surface area (TPSA) is 66.0 Å². The molecule has 0 aromatic heterocycles. The number of benzene rings is 2. The molecule has 27 heavy (non-hydrogen) atoms. The van der Waals surface area contributed by atoms with Gasteiger partial charge in [0.1, 0.15) is 11.5 Å². The lowest BCUT2D eigenvalue weighted by Gasteiger charge is -2.16. The van der Waals surface area contributed by atoms with Gasteiger partial charge in [-0.05, 0) is 25.1 Å². The van der Waals surface area contributed by atoms with E-state index in [2.05, 4.69) is 5.32 Å². The first-order chi connectivity index (χ1) is 12.9. The Balaban J connectivity index is 2.14. The minimum Gasteiger partial charge on any atom is -0.495 e. The number of halogens is 1. The molecule has 0 aliphatic carbocycles. The summed E-state index contributed by atoms with van der Waals surface area (Å²) in [4.78, 5) is 13.5. The molecular weight excluding hydrogens is 390 g/mol. The Kier molecular flexibility index (Phi) is 7.50. The third-order valence-corrected chi connectivity index (χ3v) is 5.16. The number of carbonyl (C=O) groups is 1. The molecule has 0 fully saturated rings. The Morgan fingerprint density at radius 2 is 1.56 bits per heavy atom. The minimum atomic E-state index is -0.366. The van der Waals surface area contributed by atoms with Crippen LogP contribution in [0.5, 0.6) is 23.0 Å². The molecule has 1 amide bonds. The van der Waals surface area contributed by atoms with E-state index in [0.29, 0.717) is 33.7 Å². The summed E-state index contributed by atoms with van der Waals surface area (Å²) in [7, 11) is 6.17. The van der Waals surface area contributed by atoms with Crippen molar-refractivity contribution in [3.8, 4) is 23.0 Å². The van der Waals surface area contributed by atoms with Crippen molar-refractivity contribution in [2.45, 2.75) is 17.1 Å². The van der Waals surface area contributed by atoms with Crippen molar-refractivity contribution in [2.75, 3.05) is 33.8 Å². The van der Waals surface area contributed by atoms with E-state index in [0.717, 1.165) is 4.90 Å². The van der Waals surface area contributed by atoms with Gasteiger partial charge in [0.05, 0.1) is 44.4 Å². The maximum Gasteiger partial charge on any atom is 0.237 e. The second kappa shape index (κ2) is 9.62. The summed E-state index contributed by atoms with van der Waals surface area (Å²) in [6, 6.07) is 8.74. The zero-order valence-corrected chi connectivity index (χ0v) is 17.4. The zero-order valence-electron chi connectivity index (χ0n) is 15.8. The maximum atomic E-state index is 12.6. The monoisotopic (exact) mass is 411 g/mol. The highest BCUT2D eigenvalue weighted by molar-refractivity contribution is 8.00. The highest BCUT2D eigenvalue weighted by atomic mass is 35.5. The van der Waals surface area contributed by atoms with Crippen molar-refractivity contribution in [2.24, 2.45) is 0 Å². The van der Waals surface area contributed by atoms with Crippen LogP contribution in [0, 0.1) is 0 Å².